The van der Waals surface area contributed by atoms with Gasteiger partial charge in [-0.1, -0.05) is 0 Å². The molecule has 2 saturated carbocycles. The first-order valence-electron chi connectivity index (χ1n) is 8.45. The Hall–Kier alpha value is -2.71. The van der Waals surface area contributed by atoms with Crippen molar-refractivity contribution in [3.63, 3.8) is 0 Å². The van der Waals surface area contributed by atoms with Crippen LogP contribution in [0.3, 0.4) is 0 Å². The first-order valence-corrected chi connectivity index (χ1v) is 8.45. The lowest BCUT2D eigenvalue weighted by Crippen LogP contribution is -2.39. The molecule has 0 aliphatic heterocycles. The molecule has 2 aliphatic rings. The second-order valence-electron chi connectivity index (χ2n) is 6.51. The average Bonchev–Trinajstić information content (AvgIpc) is 3.53. The number of methoxy groups -OCH3 is 1. The summed E-state index contributed by atoms with van der Waals surface area (Å²) in [5.41, 5.74) is 0.559. The molecule has 0 saturated heterocycles. The minimum atomic E-state index is -0.395. The van der Waals surface area contributed by atoms with Crippen LogP contribution in [0.5, 0.6) is 0 Å². The molecule has 0 spiro atoms. The zero-order chi connectivity index (χ0) is 17.4. The van der Waals surface area contributed by atoms with Gasteiger partial charge in [-0.2, -0.15) is 5.10 Å². The quantitative estimate of drug-likeness (QED) is 0.718. The molecule has 132 valence electrons. The number of amides is 1. The summed E-state index contributed by atoms with van der Waals surface area (Å²) in [6.45, 7) is 0.261. The van der Waals surface area contributed by atoms with E-state index in [1.807, 2.05) is 4.90 Å². The van der Waals surface area contributed by atoms with Crippen molar-refractivity contribution in [1.29, 1.82) is 0 Å². The van der Waals surface area contributed by atoms with Crippen LogP contribution in [0, 0.1) is 0 Å². The maximum atomic E-state index is 12.3. The van der Waals surface area contributed by atoms with Crippen molar-refractivity contribution in [3.8, 4) is 0 Å². The van der Waals surface area contributed by atoms with Crippen LogP contribution < -0.4 is 10.2 Å². The third-order valence-electron chi connectivity index (χ3n) is 4.44. The molecule has 2 heterocycles. The van der Waals surface area contributed by atoms with Crippen LogP contribution in [0.1, 0.15) is 25.7 Å². The number of hydrogen-bond donors (Lipinski definition) is 1. The normalized spacial score (nSPS) is 16.7. The first kappa shape index (κ1) is 15.8. The second-order valence-corrected chi connectivity index (χ2v) is 6.51. The summed E-state index contributed by atoms with van der Waals surface area (Å²) >= 11 is 0. The molecule has 2 aromatic rings. The van der Waals surface area contributed by atoms with E-state index in [0.29, 0.717) is 23.5 Å². The van der Waals surface area contributed by atoms with Crippen molar-refractivity contribution in [3.05, 3.63) is 12.5 Å². The molecule has 0 bridgehead atoms. The van der Waals surface area contributed by atoms with Gasteiger partial charge in [0.05, 0.1) is 25.2 Å². The molecule has 2 aromatic heterocycles. The van der Waals surface area contributed by atoms with E-state index in [4.69, 9.17) is 0 Å². The topological polar surface area (TPSA) is 102 Å². The Morgan fingerprint density at radius 3 is 2.80 bits per heavy atom. The molecular formula is C16H20N6O3. The lowest BCUT2D eigenvalue weighted by Gasteiger charge is -2.23. The van der Waals surface area contributed by atoms with Gasteiger partial charge in [-0.05, 0) is 25.7 Å². The molecule has 1 N–H and O–H groups in total. The Bertz CT molecular complexity index is 811. The predicted octanol–water partition coefficient (Wildman–Crippen LogP) is 0.247. The fourth-order valence-corrected chi connectivity index (χ4v) is 2.83. The van der Waals surface area contributed by atoms with E-state index in [0.717, 1.165) is 31.1 Å². The molecule has 2 aliphatic carbocycles. The minimum absolute atomic E-state index is 0.0119. The van der Waals surface area contributed by atoms with Gasteiger partial charge < -0.3 is 15.0 Å². The Morgan fingerprint density at radius 2 is 2.12 bits per heavy atom. The molecule has 2 fully saturated rings. The molecular weight excluding hydrogens is 324 g/mol. The number of nitrogens with one attached hydrogen (secondary N) is 1. The van der Waals surface area contributed by atoms with Gasteiger partial charge in [0.2, 0.25) is 5.91 Å². The van der Waals surface area contributed by atoms with Gasteiger partial charge in [0.1, 0.15) is 18.7 Å². The number of fused-ring (bicyclic) bond motifs is 1. The van der Waals surface area contributed by atoms with Crippen LogP contribution >= 0.6 is 0 Å². The molecule has 9 heteroatoms. The highest BCUT2D eigenvalue weighted by molar-refractivity contribution is 5.90. The summed E-state index contributed by atoms with van der Waals surface area (Å²) in [5, 5.41) is 7.98. The Morgan fingerprint density at radius 1 is 1.32 bits per heavy atom. The fraction of sp³-hybridized carbons (Fsp3) is 0.562. The maximum Gasteiger partial charge on any atom is 0.327 e. The van der Waals surface area contributed by atoms with Gasteiger partial charge in [-0.3, -0.25) is 9.59 Å². The number of anilines is 1. The summed E-state index contributed by atoms with van der Waals surface area (Å²) < 4.78 is 6.18. The van der Waals surface area contributed by atoms with E-state index in [-0.39, 0.29) is 19.0 Å². The van der Waals surface area contributed by atoms with Crippen LogP contribution in [0.4, 0.5) is 5.82 Å². The standard InChI is InChI=1S/C16H20N6O3/c1-25-14(24)8-22-16-12(6-19-22)15(17-9-18-16)21(11-4-5-11)7-13(23)20-10-2-3-10/h6,9-11H,2-5,7-8H2,1H3,(H,20,23). The zero-order valence-corrected chi connectivity index (χ0v) is 14.0. The second kappa shape index (κ2) is 6.30. The third kappa shape index (κ3) is 3.40. The monoisotopic (exact) mass is 344 g/mol. The van der Waals surface area contributed by atoms with Crippen LogP contribution in [0.25, 0.3) is 11.0 Å². The van der Waals surface area contributed by atoms with Gasteiger partial charge in [-0.25, -0.2) is 14.6 Å². The van der Waals surface area contributed by atoms with Gasteiger partial charge in [0.25, 0.3) is 0 Å². The molecule has 0 atom stereocenters. The zero-order valence-electron chi connectivity index (χ0n) is 14.0. The number of hydrogen-bond acceptors (Lipinski definition) is 7. The van der Waals surface area contributed by atoms with E-state index in [1.54, 1.807) is 6.20 Å². The van der Waals surface area contributed by atoms with Crippen molar-refractivity contribution < 1.29 is 14.3 Å². The minimum Gasteiger partial charge on any atom is -0.468 e. The Balaban J connectivity index is 1.61. The lowest BCUT2D eigenvalue weighted by atomic mass is 10.3. The molecule has 0 unspecified atom stereocenters. The lowest BCUT2D eigenvalue weighted by molar-refractivity contribution is -0.141. The smallest absolute Gasteiger partial charge is 0.327 e. The van der Waals surface area contributed by atoms with Crippen LogP contribution in [0.2, 0.25) is 0 Å². The van der Waals surface area contributed by atoms with Crippen molar-refractivity contribution in [1.82, 2.24) is 25.1 Å². The molecule has 25 heavy (non-hydrogen) atoms. The van der Waals surface area contributed by atoms with Crippen LogP contribution in [-0.2, 0) is 20.9 Å². The SMILES string of the molecule is COC(=O)Cn1ncc2c(N(CC(=O)NC3CC3)C3CC3)ncnc21. The molecule has 0 aromatic carbocycles. The summed E-state index contributed by atoms with van der Waals surface area (Å²) in [6.07, 6.45) is 7.29. The molecule has 1 amide bonds. The van der Waals surface area contributed by atoms with Crippen LogP contribution in [0.15, 0.2) is 12.5 Å². The Labute approximate surface area is 144 Å². The van der Waals surface area contributed by atoms with E-state index in [2.05, 4.69) is 25.1 Å². The van der Waals surface area contributed by atoms with E-state index in [9.17, 15) is 9.59 Å². The summed E-state index contributed by atoms with van der Waals surface area (Å²) in [6, 6.07) is 0.647. The Kier molecular flexibility index (Phi) is 3.98. The summed E-state index contributed by atoms with van der Waals surface area (Å²) in [4.78, 5) is 34.4. The van der Waals surface area contributed by atoms with Crippen molar-refractivity contribution in [2.75, 3.05) is 18.6 Å². The van der Waals surface area contributed by atoms with Crippen molar-refractivity contribution in [2.24, 2.45) is 0 Å². The predicted molar refractivity (Wildman–Crippen MR) is 88.9 cm³/mol. The van der Waals surface area contributed by atoms with E-state index < -0.39 is 5.97 Å². The summed E-state index contributed by atoms with van der Waals surface area (Å²) in [5.74, 6) is 0.311. The van der Waals surface area contributed by atoms with E-state index >= 15 is 0 Å². The van der Waals surface area contributed by atoms with E-state index in [1.165, 1.54) is 18.1 Å². The number of carbonyl (C=O) groups is 2. The average molecular weight is 344 g/mol. The van der Waals surface area contributed by atoms with Gasteiger partial charge >= 0.3 is 5.97 Å². The molecule has 4 rings (SSSR count). The summed E-state index contributed by atoms with van der Waals surface area (Å²) in [7, 11) is 1.34. The number of rotatable bonds is 7. The highest BCUT2D eigenvalue weighted by Crippen LogP contribution is 2.33. The number of ether oxygens (including phenoxy) is 1. The van der Waals surface area contributed by atoms with Crippen molar-refractivity contribution >= 4 is 28.7 Å². The molecule has 0 radical (unpaired) electrons. The third-order valence-corrected chi connectivity index (χ3v) is 4.44. The largest absolute Gasteiger partial charge is 0.468 e. The highest BCUT2D eigenvalue weighted by atomic mass is 16.5. The first-order chi connectivity index (χ1) is 12.2. The number of aromatic nitrogens is 4. The van der Waals surface area contributed by atoms with Gasteiger partial charge in [0, 0.05) is 12.1 Å². The maximum absolute atomic E-state index is 12.3. The highest BCUT2D eigenvalue weighted by Gasteiger charge is 2.34. The van der Waals surface area contributed by atoms with Gasteiger partial charge in [-0.15, -0.1) is 0 Å². The van der Waals surface area contributed by atoms with Gasteiger partial charge in [0.15, 0.2) is 5.65 Å². The molecule has 9 nitrogen and oxygen atoms in total. The fourth-order valence-electron chi connectivity index (χ4n) is 2.83. The number of carbonyl (C=O) groups excluding carboxylic acids is 2. The van der Waals surface area contributed by atoms with Crippen LogP contribution in [-0.4, -0.2) is 57.4 Å². The number of esters is 1. The number of nitrogens with zero attached hydrogens (tertiary/aromatic N) is 5. The van der Waals surface area contributed by atoms with Crippen molar-refractivity contribution in [2.45, 2.75) is 44.3 Å².